The number of esters is 1. The summed E-state index contributed by atoms with van der Waals surface area (Å²) in [5.41, 5.74) is 2.35. The topological polar surface area (TPSA) is 59.1 Å². The summed E-state index contributed by atoms with van der Waals surface area (Å²) in [5.74, 6) is 2.26. The normalized spacial score (nSPS) is 18.9. The summed E-state index contributed by atoms with van der Waals surface area (Å²) >= 11 is 0. The van der Waals surface area contributed by atoms with Gasteiger partial charge in [0.1, 0.15) is 29.9 Å². The van der Waals surface area contributed by atoms with Crippen LogP contribution in [0.5, 0.6) is 5.75 Å². The van der Waals surface area contributed by atoms with E-state index in [1.807, 2.05) is 43.0 Å². The number of rotatable bonds is 8. The van der Waals surface area contributed by atoms with Crippen LogP contribution in [-0.4, -0.2) is 53.7 Å². The number of ether oxygens (including phenoxy) is 2. The van der Waals surface area contributed by atoms with Crippen molar-refractivity contribution in [2.24, 2.45) is 0 Å². The first-order valence-electron chi connectivity index (χ1n) is 10.8. The van der Waals surface area contributed by atoms with E-state index in [4.69, 9.17) is 9.47 Å². The summed E-state index contributed by atoms with van der Waals surface area (Å²) < 4.78 is 24.1. The Morgan fingerprint density at radius 3 is 2.38 bits per heavy atom. The van der Waals surface area contributed by atoms with Gasteiger partial charge in [0, 0.05) is 19.1 Å². The van der Waals surface area contributed by atoms with E-state index in [0.717, 1.165) is 11.1 Å². The van der Waals surface area contributed by atoms with Crippen LogP contribution in [-0.2, 0) is 27.3 Å². The zero-order chi connectivity index (χ0) is 23.1. The second kappa shape index (κ2) is 10.9. The molecular weight excluding hydrogens is 411 g/mol. The third kappa shape index (κ3) is 5.96. The molecule has 2 atom stereocenters. The first-order valence-corrected chi connectivity index (χ1v) is 10.8. The molecule has 0 unspecified atom stereocenters. The third-order valence-corrected chi connectivity index (χ3v) is 5.63. The number of carbonyl (C=O) groups excluding carboxylic acids is 2. The van der Waals surface area contributed by atoms with Gasteiger partial charge in [-0.25, -0.2) is 9.18 Å². The smallest absolute Gasteiger partial charge is 0.310 e. The average molecular weight is 441 g/mol. The summed E-state index contributed by atoms with van der Waals surface area (Å²) in [6.45, 7) is 7.69. The molecule has 1 fully saturated rings. The summed E-state index contributed by atoms with van der Waals surface area (Å²) in [6, 6.07) is 13.5. The predicted octanol–water partition coefficient (Wildman–Crippen LogP) is 3.58. The largest absolute Gasteiger partial charge is 0.478 e. The molecule has 0 N–H and O–H groups in total. The van der Waals surface area contributed by atoms with Crippen molar-refractivity contribution in [2.75, 3.05) is 19.9 Å². The Kier molecular flexibility index (Phi) is 8.03. The molecule has 3 rings (SSSR count). The second-order valence-electron chi connectivity index (χ2n) is 7.94. The van der Waals surface area contributed by atoms with Gasteiger partial charge in [0.2, 0.25) is 0 Å². The van der Waals surface area contributed by atoms with E-state index in [-0.39, 0.29) is 30.3 Å². The number of piperazine rings is 1. The van der Waals surface area contributed by atoms with E-state index >= 15 is 0 Å². The maximum atomic E-state index is 13.2. The maximum Gasteiger partial charge on any atom is 0.310 e. The fourth-order valence-corrected chi connectivity index (χ4v) is 3.82. The molecule has 0 spiro atoms. The highest BCUT2D eigenvalue weighted by atomic mass is 19.1. The fourth-order valence-electron chi connectivity index (χ4n) is 3.82. The highest BCUT2D eigenvalue weighted by Crippen LogP contribution is 2.26. The van der Waals surface area contributed by atoms with E-state index in [1.54, 1.807) is 19.1 Å². The lowest BCUT2D eigenvalue weighted by Gasteiger charge is -2.45. The zero-order valence-electron chi connectivity index (χ0n) is 18.7. The first kappa shape index (κ1) is 23.5. The number of carbonyl (C=O) groups is 1. The van der Waals surface area contributed by atoms with Gasteiger partial charge < -0.3 is 14.4 Å². The SMILES string of the molecule is CCOC(=O)Cc1ccc(OCN2C[C@@H](C)N(Cc3ccc(F)cc3)C(=C=O)[C@@H]2C)cc1. The summed E-state index contributed by atoms with van der Waals surface area (Å²) in [4.78, 5) is 27.5. The zero-order valence-corrected chi connectivity index (χ0v) is 18.7. The highest BCUT2D eigenvalue weighted by Gasteiger charge is 2.34. The number of halogens is 1. The van der Waals surface area contributed by atoms with Gasteiger partial charge in [0.15, 0.2) is 0 Å². The van der Waals surface area contributed by atoms with Crippen molar-refractivity contribution in [3.8, 4) is 5.75 Å². The van der Waals surface area contributed by atoms with E-state index in [1.165, 1.54) is 12.1 Å². The number of hydrogen-bond acceptors (Lipinski definition) is 6. The van der Waals surface area contributed by atoms with Crippen LogP contribution in [0.4, 0.5) is 4.39 Å². The number of hydrogen-bond donors (Lipinski definition) is 0. The number of nitrogens with zero attached hydrogens (tertiary/aromatic N) is 2. The second-order valence-corrected chi connectivity index (χ2v) is 7.94. The van der Waals surface area contributed by atoms with E-state index < -0.39 is 0 Å². The van der Waals surface area contributed by atoms with Gasteiger partial charge in [-0.15, -0.1) is 0 Å². The van der Waals surface area contributed by atoms with Crippen molar-refractivity contribution >= 4 is 11.9 Å². The molecule has 1 heterocycles. The Bertz CT molecular complexity index is 955. The van der Waals surface area contributed by atoms with Crippen LogP contribution in [0.3, 0.4) is 0 Å². The quantitative estimate of drug-likeness (QED) is 0.462. The monoisotopic (exact) mass is 440 g/mol. The van der Waals surface area contributed by atoms with E-state index in [2.05, 4.69) is 10.8 Å². The van der Waals surface area contributed by atoms with Crippen molar-refractivity contribution in [2.45, 2.75) is 45.8 Å². The Morgan fingerprint density at radius 1 is 1.09 bits per heavy atom. The van der Waals surface area contributed by atoms with Crippen molar-refractivity contribution < 1.29 is 23.5 Å². The van der Waals surface area contributed by atoms with Gasteiger partial charge >= 0.3 is 5.97 Å². The molecule has 32 heavy (non-hydrogen) atoms. The molecule has 0 aromatic heterocycles. The molecule has 170 valence electrons. The average Bonchev–Trinajstić information content (AvgIpc) is 2.78. The standard InChI is InChI=1S/C25H29FN2O4/c1-4-31-25(30)13-20-7-11-23(12-8-20)32-17-27-14-18(2)28(24(16-29)19(27)3)15-21-5-9-22(26)10-6-21/h5-12,18-19H,4,13-15,17H2,1-3H3/t18-,19+/m1/s1. The lowest BCUT2D eigenvalue weighted by molar-refractivity contribution is -0.142. The maximum absolute atomic E-state index is 13.2. The molecule has 7 heteroatoms. The van der Waals surface area contributed by atoms with Crippen molar-refractivity contribution in [1.82, 2.24) is 9.80 Å². The lowest BCUT2D eigenvalue weighted by atomic mass is 10.0. The Hall–Kier alpha value is -3.15. The predicted molar refractivity (Wildman–Crippen MR) is 119 cm³/mol. The van der Waals surface area contributed by atoms with Gasteiger partial charge in [-0.2, -0.15) is 0 Å². The summed E-state index contributed by atoms with van der Waals surface area (Å²) in [6.07, 6.45) is 0.228. The molecule has 2 aromatic rings. The van der Waals surface area contributed by atoms with Crippen LogP contribution in [0.25, 0.3) is 0 Å². The van der Waals surface area contributed by atoms with Crippen LogP contribution >= 0.6 is 0 Å². The Labute approximate surface area is 188 Å². The van der Waals surface area contributed by atoms with Gasteiger partial charge in [-0.05, 0) is 56.2 Å². The van der Waals surface area contributed by atoms with Crippen LogP contribution in [0.15, 0.2) is 54.2 Å². The third-order valence-electron chi connectivity index (χ3n) is 5.63. The van der Waals surface area contributed by atoms with Gasteiger partial charge in [0.25, 0.3) is 0 Å². The minimum atomic E-state index is -0.280. The van der Waals surface area contributed by atoms with Crippen molar-refractivity contribution in [3.05, 3.63) is 71.2 Å². The highest BCUT2D eigenvalue weighted by molar-refractivity contribution is 5.72. The minimum Gasteiger partial charge on any atom is -0.478 e. The van der Waals surface area contributed by atoms with Crippen molar-refractivity contribution in [1.29, 1.82) is 0 Å². The van der Waals surface area contributed by atoms with Crippen molar-refractivity contribution in [3.63, 3.8) is 0 Å². The lowest BCUT2D eigenvalue weighted by Crippen LogP contribution is -2.55. The molecule has 1 aliphatic rings. The molecule has 2 aromatic carbocycles. The molecule has 6 nitrogen and oxygen atoms in total. The van der Waals surface area contributed by atoms with Gasteiger partial charge in [0.05, 0.1) is 19.1 Å². The van der Waals surface area contributed by atoms with Crippen LogP contribution < -0.4 is 4.74 Å². The van der Waals surface area contributed by atoms with Crippen LogP contribution in [0.2, 0.25) is 0 Å². The van der Waals surface area contributed by atoms with Crippen LogP contribution in [0, 0.1) is 5.82 Å². The number of benzene rings is 2. The Morgan fingerprint density at radius 2 is 1.75 bits per heavy atom. The molecule has 1 aliphatic heterocycles. The summed E-state index contributed by atoms with van der Waals surface area (Å²) in [7, 11) is 0. The van der Waals surface area contributed by atoms with E-state index in [0.29, 0.717) is 37.9 Å². The Balaban J connectivity index is 1.59. The van der Waals surface area contributed by atoms with Crippen LogP contribution in [0.1, 0.15) is 31.9 Å². The minimum absolute atomic E-state index is 0.0586. The van der Waals surface area contributed by atoms with Gasteiger partial charge in [-0.3, -0.25) is 9.69 Å². The molecule has 0 radical (unpaired) electrons. The first-order chi connectivity index (χ1) is 15.4. The molecule has 0 aliphatic carbocycles. The molecule has 0 amide bonds. The molecule has 0 bridgehead atoms. The summed E-state index contributed by atoms with van der Waals surface area (Å²) in [5, 5.41) is 0. The fraction of sp³-hybridized carbons (Fsp3) is 0.400. The van der Waals surface area contributed by atoms with Gasteiger partial charge in [-0.1, -0.05) is 24.3 Å². The molecule has 0 saturated carbocycles. The molecular formula is C25H29FN2O4. The van der Waals surface area contributed by atoms with E-state index in [9.17, 15) is 14.0 Å². The molecule has 1 saturated heterocycles.